The van der Waals surface area contributed by atoms with Gasteiger partial charge in [-0.05, 0) is 43.4 Å². The minimum atomic E-state index is -0.926. The van der Waals surface area contributed by atoms with Gasteiger partial charge in [0.15, 0.2) is 0 Å². The molecule has 5 nitrogen and oxygen atoms in total. The molecule has 1 unspecified atom stereocenters. The predicted octanol–water partition coefficient (Wildman–Crippen LogP) is 3.62. The lowest BCUT2D eigenvalue weighted by Crippen LogP contribution is -2.39. The Morgan fingerprint density at radius 2 is 1.84 bits per heavy atom. The third-order valence-electron chi connectivity index (χ3n) is 4.41. The summed E-state index contributed by atoms with van der Waals surface area (Å²) in [4.78, 5) is 25.3. The van der Waals surface area contributed by atoms with Gasteiger partial charge in [-0.1, -0.05) is 38.8 Å². The Balaban J connectivity index is 2.70. The highest BCUT2D eigenvalue weighted by atomic mass is 16.5. The van der Waals surface area contributed by atoms with Crippen molar-refractivity contribution < 1.29 is 19.4 Å². The molecule has 0 radical (unpaired) electrons. The zero-order chi connectivity index (χ0) is 18.7. The Labute approximate surface area is 151 Å². The van der Waals surface area contributed by atoms with Gasteiger partial charge in [-0.25, -0.2) is 4.79 Å². The highest BCUT2D eigenvalue weighted by Crippen LogP contribution is 2.14. The average molecular weight is 349 g/mol. The second-order valence-electron chi connectivity index (χ2n) is 6.29. The molecule has 1 aromatic rings. The fraction of sp³-hybridized carbons (Fsp3) is 0.600. The maximum atomic E-state index is 12.4. The summed E-state index contributed by atoms with van der Waals surface area (Å²) in [6, 6.07) is 6.85. The summed E-state index contributed by atoms with van der Waals surface area (Å²) in [6.07, 6.45) is 3.99. The number of carbonyl (C=O) groups excluding carboxylic acids is 1. The van der Waals surface area contributed by atoms with Crippen LogP contribution in [0.4, 0.5) is 0 Å². The van der Waals surface area contributed by atoms with Crippen LogP contribution in [0, 0.1) is 5.92 Å². The molecule has 1 amide bonds. The number of carboxylic acids is 1. The molecule has 1 rings (SSSR count). The average Bonchev–Trinajstić information content (AvgIpc) is 2.62. The normalized spacial score (nSPS) is 12.0. The van der Waals surface area contributed by atoms with Crippen LogP contribution in [0.5, 0.6) is 0 Å². The lowest BCUT2D eigenvalue weighted by molar-refractivity contribution is -0.136. The van der Waals surface area contributed by atoms with E-state index >= 15 is 0 Å². The van der Waals surface area contributed by atoms with Crippen molar-refractivity contribution >= 4 is 11.9 Å². The summed E-state index contributed by atoms with van der Waals surface area (Å²) in [5.41, 5.74) is 1.31. The molecule has 5 heteroatoms. The number of rotatable bonds is 12. The Kier molecular flexibility index (Phi) is 9.85. The SMILES string of the molecule is CCCC(CC)CN(CCc1ccc(C(=O)O)cc1)C(=O)COCC. The van der Waals surface area contributed by atoms with Crippen LogP contribution in [0.3, 0.4) is 0 Å². The van der Waals surface area contributed by atoms with Gasteiger partial charge >= 0.3 is 5.97 Å². The lowest BCUT2D eigenvalue weighted by Gasteiger charge is -2.27. The molecule has 1 N–H and O–H groups in total. The number of nitrogens with zero attached hydrogens (tertiary/aromatic N) is 1. The van der Waals surface area contributed by atoms with Crippen molar-refractivity contribution in [3.05, 3.63) is 35.4 Å². The summed E-state index contributed by atoms with van der Waals surface area (Å²) in [6.45, 7) is 8.24. The third kappa shape index (κ3) is 7.69. The van der Waals surface area contributed by atoms with E-state index in [1.165, 1.54) is 0 Å². The first-order chi connectivity index (χ1) is 12.0. The minimum absolute atomic E-state index is 0.0264. The maximum absolute atomic E-state index is 12.4. The smallest absolute Gasteiger partial charge is 0.335 e. The number of ether oxygens (including phenoxy) is 1. The molecular weight excluding hydrogens is 318 g/mol. The molecule has 0 heterocycles. The van der Waals surface area contributed by atoms with E-state index in [1.807, 2.05) is 24.0 Å². The van der Waals surface area contributed by atoms with Crippen molar-refractivity contribution in [3.8, 4) is 0 Å². The fourth-order valence-corrected chi connectivity index (χ4v) is 2.82. The molecule has 0 aliphatic heterocycles. The van der Waals surface area contributed by atoms with E-state index in [0.717, 1.165) is 31.4 Å². The molecule has 0 spiro atoms. The molecule has 0 aliphatic carbocycles. The Morgan fingerprint density at radius 1 is 1.16 bits per heavy atom. The highest BCUT2D eigenvalue weighted by Gasteiger charge is 2.18. The van der Waals surface area contributed by atoms with Gasteiger partial charge in [-0.2, -0.15) is 0 Å². The molecule has 1 aromatic carbocycles. The molecule has 1 atom stereocenters. The van der Waals surface area contributed by atoms with Crippen LogP contribution in [0.2, 0.25) is 0 Å². The number of benzene rings is 1. The standard InChI is InChI=1S/C20H31NO4/c1-4-7-16(5-2)14-21(19(22)15-25-6-3)13-12-17-8-10-18(11-9-17)20(23)24/h8-11,16H,4-7,12-15H2,1-3H3,(H,23,24). The molecule has 0 aromatic heterocycles. The summed E-state index contributed by atoms with van der Waals surface area (Å²) in [5, 5.41) is 8.96. The van der Waals surface area contributed by atoms with Crippen molar-refractivity contribution in [1.82, 2.24) is 4.90 Å². The van der Waals surface area contributed by atoms with Gasteiger partial charge in [0.05, 0.1) is 5.56 Å². The number of carboxylic acid groups (broad SMARTS) is 1. The summed E-state index contributed by atoms with van der Waals surface area (Å²) in [7, 11) is 0. The van der Waals surface area contributed by atoms with Gasteiger partial charge in [0.1, 0.15) is 6.61 Å². The van der Waals surface area contributed by atoms with Crippen LogP contribution >= 0.6 is 0 Å². The topological polar surface area (TPSA) is 66.8 Å². The first-order valence-corrected chi connectivity index (χ1v) is 9.19. The van der Waals surface area contributed by atoms with E-state index in [0.29, 0.717) is 25.5 Å². The van der Waals surface area contributed by atoms with Crippen LogP contribution in [0.25, 0.3) is 0 Å². The van der Waals surface area contributed by atoms with Crippen molar-refractivity contribution in [2.75, 3.05) is 26.3 Å². The molecular formula is C20H31NO4. The van der Waals surface area contributed by atoms with Crippen molar-refractivity contribution in [3.63, 3.8) is 0 Å². The number of carbonyl (C=O) groups is 2. The number of amides is 1. The molecule has 0 saturated carbocycles. The largest absolute Gasteiger partial charge is 0.478 e. The maximum Gasteiger partial charge on any atom is 0.335 e. The summed E-state index contributed by atoms with van der Waals surface area (Å²) >= 11 is 0. The number of hydrogen-bond acceptors (Lipinski definition) is 3. The van der Waals surface area contributed by atoms with Gasteiger partial charge in [0, 0.05) is 19.7 Å². The molecule has 0 bridgehead atoms. The van der Waals surface area contributed by atoms with Gasteiger partial charge < -0.3 is 14.7 Å². The number of hydrogen-bond donors (Lipinski definition) is 1. The molecule has 25 heavy (non-hydrogen) atoms. The van der Waals surface area contributed by atoms with Crippen molar-refractivity contribution in [1.29, 1.82) is 0 Å². The minimum Gasteiger partial charge on any atom is -0.478 e. The first kappa shape index (κ1) is 21.2. The molecule has 0 fully saturated rings. The van der Waals surface area contributed by atoms with E-state index in [4.69, 9.17) is 9.84 Å². The highest BCUT2D eigenvalue weighted by molar-refractivity contribution is 5.87. The second kappa shape index (κ2) is 11.6. The molecule has 0 saturated heterocycles. The van der Waals surface area contributed by atoms with Crippen LogP contribution < -0.4 is 0 Å². The van der Waals surface area contributed by atoms with Crippen LogP contribution in [0.1, 0.15) is 56.0 Å². The Morgan fingerprint density at radius 3 is 2.36 bits per heavy atom. The van der Waals surface area contributed by atoms with E-state index < -0.39 is 5.97 Å². The Bertz CT molecular complexity index is 527. The van der Waals surface area contributed by atoms with Gasteiger partial charge in [0.2, 0.25) is 5.91 Å². The van der Waals surface area contributed by atoms with Crippen molar-refractivity contribution in [2.24, 2.45) is 5.92 Å². The van der Waals surface area contributed by atoms with E-state index in [1.54, 1.807) is 12.1 Å². The molecule has 140 valence electrons. The predicted molar refractivity (Wildman–Crippen MR) is 98.9 cm³/mol. The lowest BCUT2D eigenvalue weighted by atomic mass is 9.99. The monoisotopic (exact) mass is 349 g/mol. The van der Waals surface area contributed by atoms with Gasteiger partial charge in [-0.3, -0.25) is 4.79 Å². The van der Waals surface area contributed by atoms with Gasteiger partial charge in [0.25, 0.3) is 0 Å². The van der Waals surface area contributed by atoms with Crippen LogP contribution in [-0.4, -0.2) is 48.2 Å². The zero-order valence-corrected chi connectivity index (χ0v) is 15.7. The fourth-order valence-electron chi connectivity index (χ4n) is 2.82. The van der Waals surface area contributed by atoms with E-state index in [9.17, 15) is 9.59 Å². The van der Waals surface area contributed by atoms with E-state index in [-0.39, 0.29) is 18.1 Å². The first-order valence-electron chi connectivity index (χ1n) is 9.19. The quantitative estimate of drug-likeness (QED) is 0.626. The van der Waals surface area contributed by atoms with Gasteiger partial charge in [-0.15, -0.1) is 0 Å². The Hall–Kier alpha value is -1.88. The van der Waals surface area contributed by atoms with E-state index in [2.05, 4.69) is 13.8 Å². The molecule has 0 aliphatic rings. The van der Waals surface area contributed by atoms with Crippen LogP contribution in [0.15, 0.2) is 24.3 Å². The number of aromatic carboxylic acids is 1. The zero-order valence-electron chi connectivity index (χ0n) is 15.7. The third-order valence-corrected chi connectivity index (χ3v) is 4.41. The van der Waals surface area contributed by atoms with Crippen molar-refractivity contribution in [2.45, 2.75) is 46.5 Å². The van der Waals surface area contributed by atoms with Crippen LogP contribution in [-0.2, 0) is 16.0 Å². The summed E-state index contributed by atoms with van der Waals surface area (Å²) in [5.74, 6) is -0.394. The second-order valence-corrected chi connectivity index (χ2v) is 6.29. The summed E-state index contributed by atoms with van der Waals surface area (Å²) < 4.78 is 5.29.